The number of nitrogens with two attached hydrogens (primary N) is 1. The van der Waals surface area contributed by atoms with Gasteiger partial charge < -0.3 is 16.0 Å². The fraction of sp³-hybridized carbons (Fsp3) is 0.481. The van der Waals surface area contributed by atoms with Gasteiger partial charge in [0, 0.05) is 36.5 Å². The van der Waals surface area contributed by atoms with Crippen LogP contribution in [0.2, 0.25) is 5.02 Å². The van der Waals surface area contributed by atoms with Gasteiger partial charge in [-0.3, -0.25) is 14.3 Å². The lowest BCUT2D eigenvalue weighted by molar-refractivity contribution is -0.138. The highest BCUT2D eigenvalue weighted by atomic mass is 35.5. The summed E-state index contributed by atoms with van der Waals surface area (Å²) in [6, 6.07) is 14.1. The van der Waals surface area contributed by atoms with Crippen LogP contribution < -0.4 is 15.8 Å². The molecule has 1 heterocycles. The number of nitrogens with one attached hydrogen (secondary N) is 2. The van der Waals surface area contributed by atoms with Gasteiger partial charge in [0.05, 0.1) is 11.9 Å². The van der Waals surface area contributed by atoms with E-state index in [-0.39, 0.29) is 29.7 Å². The zero-order chi connectivity index (χ0) is 26.6. The highest BCUT2D eigenvalue weighted by molar-refractivity contribution is 7.92. The van der Waals surface area contributed by atoms with E-state index in [2.05, 4.69) is 10.0 Å². The second-order valence-corrected chi connectivity index (χ2v) is 12.4. The molecule has 0 spiro atoms. The van der Waals surface area contributed by atoms with E-state index in [1.54, 1.807) is 24.3 Å². The number of likely N-dealkylation sites (tertiary alicyclic amines) is 1. The molecule has 37 heavy (non-hydrogen) atoms. The molecule has 8 nitrogen and oxygen atoms in total. The van der Waals surface area contributed by atoms with Crippen molar-refractivity contribution in [2.75, 3.05) is 24.1 Å². The van der Waals surface area contributed by atoms with Crippen molar-refractivity contribution in [3.8, 4) is 0 Å². The number of anilines is 1. The Kier molecular flexibility index (Phi) is 8.77. The van der Waals surface area contributed by atoms with Crippen LogP contribution in [-0.2, 0) is 26.0 Å². The molecule has 0 bridgehead atoms. The van der Waals surface area contributed by atoms with E-state index in [1.165, 1.54) is 0 Å². The highest BCUT2D eigenvalue weighted by Crippen LogP contribution is 2.33. The summed E-state index contributed by atoms with van der Waals surface area (Å²) in [4.78, 5) is 28.5. The number of carbonyl (C=O) groups is 2. The first-order chi connectivity index (χ1) is 17.6. The summed E-state index contributed by atoms with van der Waals surface area (Å²) >= 11 is 6.03. The third-order valence-electron chi connectivity index (χ3n) is 7.31. The minimum Gasteiger partial charge on any atom is -0.344 e. The first-order valence-electron chi connectivity index (χ1n) is 12.7. The van der Waals surface area contributed by atoms with Crippen molar-refractivity contribution in [3.05, 3.63) is 64.7 Å². The number of sulfonamides is 1. The zero-order valence-corrected chi connectivity index (χ0v) is 22.6. The molecule has 200 valence electrons. The van der Waals surface area contributed by atoms with Crippen LogP contribution in [0.15, 0.2) is 48.5 Å². The van der Waals surface area contributed by atoms with Crippen molar-refractivity contribution in [2.24, 2.45) is 11.7 Å². The molecule has 2 aromatic rings. The lowest BCUT2D eigenvalue weighted by atomic mass is 9.88. The number of para-hydroxylation sites is 1. The van der Waals surface area contributed by atoms with Gasteiger partial charge in [-0.15, -0.1) is 0 Å². The number of hydrogen-bond acceptors (Lipinski definition) is 5. The SMILES string of the molecule is CS(=O)(=O)Nc1ccccc1C1CCN(C(=O)[C@@H](Cc2ccc(Cl)cc2)NC(=O)[C@@H]2CC[C@H](N)C2)CC1. The Balaban J connectivity index is 1.45. The molecule has 1 aliphatic carbocycles. The predicted molar refractivity (Wildman–Crippen MR) is 146 cm³/mol. The van der Waals surface area contributed by atoms with Crippen LogP contribution in [0.1, 0.15) is 49.1 Å². The van der Waals surface area contributed by atoms with Gasteiger partial charge in [0.1, 0.15) is 6.04 Å². The van der Waals surface area contributed by atoms with Crippen LogP contribution in [0.3, 0.4) is 0 Å². The molecule has 2 fully saturated rings. The average Bonchev–Trinajstić information content (AvgIpc) is 3.30. The van der Waals surface area contributed by atoms with Crippen LogP contribution >= 0.6 is 11.6 Å². The smallest absolute Gasteiger partial charge is 0.245 e. The number of rotatable bonds is 8. The minimum atomic E-state index is -3.40. The van der Waals surface area contributed by atoms with Crippen LogP contribution in [0.5, 0.6) is 0 Å². The van der Waals surface area contributed by atoms with Gasteiger partial charge in [0.15, 0.2) is 0 Å². The minimum absolute atomic E-state index is 0.0280. The van der Waals surface area contributed by atoms with E-state index in [0.717, 1.165) is 30.2 Å². The Hall–Kier alpha value is -2.62. The van der Waals surface area contributed by atoms with Crippen molar-refractivity contribution in [3.63, 3.8) is 0 Å². The number of piperidine rings is 1. The first kappa shape index (κ1) is 27.4. The molecule has 1 aliphatic heterocycles. The Morgan fingerprint density at radius 3 is 2.35 bits per heavy atom. The molecule has 1 saturated heterocycles. The summed E-state index contributed by atoms with van der Waals surface area (Å²) in [5, 5.41) is 3.64. The van der Waals surface area contributed by atoms with Crippen molar-refractivity contribution in [1.29, 1.82) is 0 Å². The Morgan fingerprint density at radius 1 is 1.05 bits per heavy atom. The predicted octanol–water partition coefficient (Wildman–Crippen LogP) is 3.27. The Bertz CT molecular complexity index is 1210. The number of nitrogens with zero attached hydrogens (tertiary/aromatic N) is 1. The van der Waals surface area contributed by atoms with E-state index < -0.39 is 16.1 Å². The van der Waals surface area contributed by atoms with Crippen molar-refractivity contribution >= 4 is 39.1 Å². The third kappa shape index (κ3) is 7.46. The summed E-state index contributed by atoms with van der Waals surface area (Å²) in [5.74, 6) is -0.263. The molecule has 0 unspecified atom stereocenters. The summed E-state index contributed by atoms with van der Waals surface area (Å²) < 4.78 is 26.2. The first-order valence-corrected chi connectivity index (χ1v) is 15.0. The fourth-order valence-electron chi connectivity index (χ4n) is 5.38. The lowest BCUT2D eigenvalue weighted by Crippen LogP contribution is -2.52. The zero-order valence-electron chi connectivity index (χ0n) is 21.0. The monoisotopic (exact) mass is 546 g/mol. The van der Waals surface area contributed by atoms with Crippen molar-refractivity contribution < 1.29 is 18.0 Å². The fourth-order valence-corrected chi connectivity index (χ4v) is 6.09. The highest BCUT2D eigenvalue weighted by Gasteiger charge is 2.34. The molecule has 0 aromatic heterocycles. The van der Waals surface area contributed by atoms with Gasteiger partial charge >= 0.3 is 0 Å². The van der Waals surface area contributed by atoms with E-state index in [0.29, 0.717) is 49.5 Å². The molecule has 0 radical (unpaired) electrons. The quantitative estimate of drug-likeness (QED) is 0.469. The molecule has 10 heteroatoms. The topological polar surface area (TPSA) is 122 Å². The molecular weight excluding hydrogens is 512 g/mol. The van der Waals surface area contributed by atoms with Gasteiger partial charge in [0.25, 0.3) is 0 Å². The van der Waals surface area contributed by atoms with E-state index in [9.17, 15) is 18.0 Å². The summed E-state index contributed by atoms with van der Waals surface area (Å²) in [6.07, 6.45) is 5.11. The van der Waals surface area contributed by atoms with E-state index in [1.807, 2.05) is 29.2 Å². The number of amides is 2. The van der Waals surface area contributed by atoms with Gasteiger partial charge in [0.2, 0.25) is 21.8 Å². The normalized spacial score (nSPS) is 21.4. The maximum absolute atomic E-state index is 13.7. The molecule has 1 saturated carbocycles. The molecule has 2 amide bonds. The third-order valence-corrected chi connectivity index (χ3v) is 8.16. The number of carbonyl (C=O) groups excluding carboxylic acids is 2. The molecular formula is C27H35ClN4O4S. The largest absolute Gasteiger partial charge is 0.344 e. The number of halogens is 1. The number of benzene rings is 2. The molecule has 2 aromatic carbocycles. The Labute approximate surface area is 224 Å². The summed E-state index contributed by atoms with van der Waals surface area (Å²) in [6.45, 7) is 1.05. The lowest BCUT2D eigenvalue weighted by Gasteiger charge is -2.35. The summed E-state index contributed by atoms with van der Waals surface area (Å²) in [5.41, 5.74) is 8.44. The van der Waals surface area contributed by atoms with Crippen LogP contribution in [0, 0.1) is 5.92 Å². The van der Waals surface area contributed by atoms with Crippen LogP contribution in [0.25, 0.3) is 0 Å². The van der Waals surface area contributed by atoms with Gasteiger partial charge in [-0.1, -0.05) is 41.9 Å². The van der Waals surface area contributed by atoms with Crippen LogP contribution in [-0.4, -0.2) is 56.6 Å². The van der Waals surface area contributed by atoms with Gasteiger partial charge in [-0.25, -0.2) is 8.42 Å². The summed E-state index contributed by atoms with van der Waals surface area (Å²) in [7, 11) is -3.40. The van der Waals surface area contributed by atoms with Crippen molar-refractivity contribution in [1.82, 2.24) is 10.2 Å². The molecule has 4 rings (SSSR count). The molecule has 4 N–H and O–H groups in total. The second-order valence-electron chi connectivity index (χ2n) is 10.2. The molecule has 2 aliphatic rings. The average molecular weight is 547 g/mol. The van der Waals surface area contributed by atoms with Crippen molar-refractivity contribution in [2.45, 2.75) is 56.5 Å². The Morgan fingerprint density at radius 2 is 1.73 bits per heavy atom. The van der Waals surface area contributed by atoms with Crippen LogP contribution in [0.4, 0.5) is 5.69 Å². The second kappa shape index (κ2) is 11.8. The number of hydrogen-bond donors (Lipinski definition) is 3. The maximum atomic E-state index is 13.7. The maximum Gasteiger partial charge on any atom is 0.245 e. The van der Waals surface area contributed by atoms with Gasteiger partial charge in [-0.2, -0.15) is 0 Å². The molecule has 3 atom stereocenters. The van der Waals surface area contributed by atoms with E-state index >= 15 is 0 Å². The van der Waals surface area contributed by atoms with Gasteiger partial charge in [-0.05, 0) is 67.3 Å². The standard InChI is InChI=1S/C27H35ClN4O4S/c1-37(35,36)31-24-5-3-2-4-23(24)19-12-14-32(15-13-19)27(34)25(16-18-6-9-21(28)10-7-18)30-26(33)20-8-11-22(29)17-20/h2-7,9-10,19-20,22,25,31H,8,11-17,29H2,1H3,(H,30,33)/t20-,22+,25-/m1/s1. The van der Waals surface area contributed by atoms with E-state index in [4.69, 9.17) is 17.3 Å².